The maximum absolute atomic E-state index is 11.8. The van der Waals surface area contributed by atoms with Crippen LogP contribution in [0.2, 0.25) is 0 Å². The Morgan fingerprint density at radius 2 is 1.67 bits per heavy atom. The molecule has 0 amide bonds. The Balaban J connectivity index is 2.79. The molecule has 0 aliphatic carbocycles. The van der Waals surface area contributed by atoms with Gasteiger partial charge in [-0.1, -0.05) is 36.4 Å². The Bertz CT molecular complexity index is 679. The standard InChI is InChI=1S/C13H11NO3S/c1-14-18(16,17)12-9-5-8-11(15)13(12)10-6-3-2-4-7-10/h2-9,15H,1H2. The van der Waals surface area contributed by atoms with Crippen LogP contribution < -0.4 is 0 Å². The highest BCUT2D eigenvalue weighted by Crippen LogP contribution is 2.35. The maximum Gasteiger partial charge on any atom is 0.282 e. The third-order valence-electron chi connectivity index (χ3n) is 2.51. The van der Waals surface area contributed by atoms with Gasteiger partial charge in [0.2, 0.25) is 0 Å². The minimum Gasteiger partial charge on any atom is -0.507 e. The molecule has 0 saturated carbocycles. The van der Waals surface area contributed by atoms with Crippen LogP contribution in [0.15, 0.2) is 57.8 Å². The summed E-state index contributed by atoms with van der Waals surface area (Å²) in [5.74, 6) is -0.106. The summed E-state index contributed by atoms with van der Waals surface area (Å²) in [5, 5.41) is 9.88. The third kappa shape index (κ3) is 2.12. The summed E-state index contributed by atoms with van der Waals surface area (Å²) >= 11 is 0. The fourth-order valence-electron chi connectivity index (χ4n) is 1.70. The number of rotatable bonds is 3. The second-order valence-electron chi connectivity index (χ2n) is 3.62. The number of phenolic OH excluding ortho intramolecular Hbond substituents is 1. The first-order valence-electron chi connectivity index (χ1n) is 5.16. The van der Waals surface area contributed by atoms with Crippen molar-refractivity contribution in [2.24, 2.45) is 4.40 Å². The van der Waals surface area contributed by atoms with E-state index in [9.17, 15) is 13.5 Å². The topological polar surface area (TPSA) is 66.7 Å². The van der Waals surface area contributed by atoms with Gasteiger partial charge in [-0.05, 0) is 17.7 Å². The Labute approximate surface area is 105 Å². The first-order chi connectivity index (χ1) is 8.56. The molecule has 4 nitrogen and oxygen atoms in total. The molecular weight excluding hydrogens is 250 g/mol. The summed E-state index contributed by atoms with van der Waals surface area (Å²) in [6.07, 6.45) is 0. The van der Waals surface area contributed by atoms with E-state index in [1.165, 1.54) is 18.2 Å². The Kier molecular flexibility index (Phi) is 3.16. The number of hydrogen-bond donors (Lipinski definition) is 1. The van der Waals surface area contributed by atoms with E-state index in [1.54, 1.807) is 24.3 Å². The van der Waals surface area contributed by atoms with Crippen molar-refractivity contribution in [2.45, 2.75) is 4.90 Å². The highest BCUT2D eigenvalue weighted by atomic mass is 32.2. The zero-order chi connectivity index (χ0) is 13.2. The van der Waals surface area contributed by atoms with E-state index in [2.05, 4.69) is 11.1 Å². The lowest BCUT2D eigenvalue weighted by molar-refractivity contribution is 0.475. The second kappa shape index (κ2) is 4.62. The van der Waals surface area contributed by atoms with Gasteiger partial charge < -0.3 is 5.11 Å². The van der Waals surface area contributed by atoms with Gasteiger partial charge in [-0.2, -0.15) is 12.8 Å². The van der Waals surface area contributed by atoms with Gasteiger partial charge in [-0.25, -0.2) is 0 Å². The quantitative estimate of drug-likeness (QED) is 0.863. The van der Waals surface area contributed by atoms with Crippen LogP contribution in [0, 0.1) is 0 Å². The van der Waals surface area contributed by atoms with Crippen molar-refractivity contribution < 1.29 is 13.5 Å². The average Bonchev–Trinajstić information content (AvgIpc) is 2.39. The van der Waals surface area contributed by atoms with Crippen molar-refractivity contribution in [3.05, 3.63) is 48.5 Å². The van der Waals surface area contributed by atoms with Crippen LogP contribution >= 0.6 is 0 Å². The highest BCUT2D eigenvalue weighted by molar-refractivity contribution is 7.90. The summed E-state index contributed by atoms with van der Waals surface area (Å²) < 4.78 is 26.7. The van der Waals surface area contributed by atoms with E-state index in [-0.39, 0.29) is 16.2 Å². The zero-order valence-corrected chi connectivity index (χ0v) is 10.3. The van der Waals surface area contributed by atoms with Crippen molar-refractivity contribution in [1.29, 1.82) is 0 Å². The summed E-state index contributed by atoms with van der Waals surface area (Å²) in [6.45, 7) is 3.05. The minimum absolute atomic E-state index is 0.0521. The predicted molar refractivity (Wildman–Crippen MR) is 70.3 cm³/mol. The lowest BCUT2D eigenvalue weighted by atomic mass is 10.0. The molecule has 5 heteroatoms. The van der Waals surface area contributed by atoms with E-state index in [0.717, 1.165) is 0 Å². The van der Waals surface area contributed by atoms with Crippen molar-refractivity contribution in [3.8, 4) is 16.9 Å². The molecule has 0 bridgehead atoms. The van der Waals surface area contributed by atoms with Crippen LogP contribution in [0.1, 0.15) is 0 Å². The van der Waals surface area contributed by atoms with Crippen LogP contribution in [0.25, 0.3) is 11.1 Å². The second-order valence-corrected chi connectivity index (χ2v) is 5.27. The van der Waals surface area contributed by atoms with Crippen LogP contribution in [0.3, 0.4) is 0 Å². The fourth-order valence-corrected chi connectivity index (χ4v) is 2.57. The molecule has 0 aliphatic heterocycles. The van der Waals surface area contributed by atoms with E-state index in [1.807, 2.05) is 6.07 Å². The summed E-state index contributed by atoms with van der Waals surface area (Å²) in [7, 11) is -3.85. The molecule has 0 spiro atoms. The molecule has 0 aromatic heterocycles. The zero-order valence-electron chi connectivity index (χ0n) is 9.45. The number of phenols is 1. The molecule has 92 valence electrons. The molecule has 0 saturated heterocycles. The van der Waals surface area contributed by atoms with Gasteiger partial charge >= 0.3 is 0 Å². The molecule has 1 N–H and O–H groups in total. The van der Waals surface area contributed by atoms with Gasteiger partial charge in [0, 0.05) is 12.3 Å². The van der Waals surface area contributed by atoms with Crippen molar-refractivity contribution in [1.82, 2.24) is 0 Å². The Morgan fingerprint density at radius 1 is 1.00 bits per heavy atom. The third-order valence-corrected chi connectivity index (χ3v) is 3.75. The maximum atomic E-state index is 11.8. The van der Waals surface area contributed by atoms with E-state index in [0.29, 0.717) is 5.56 Å². The molecule has 0 aliphatic rings. The van der Waals surface area contributed by atoms with Crippen LogP contribution in [-0.2, 0) is 10.0 Å². The number of sulfonamides is 1. The van der Waals surface area contributed by atoms with Crippen molar-refractivity contribution in [2.75, 3.05) is 0 Å². The lowest BCUT2D eigenvalue weighted by Gasteiger charge is -2.09. The molecule has 2 aromatic rings. The molecule has 18 heavy (non-hydrogen) atoms. The summed E-state index contributed by atoms with van der Waals surface area (Å²) in [4.78, 5) is -0.0521. The minimum atomic E-state index is -3.85. The van der Waals surface area contributed by atoms with Gasteiger partial charge in [0.05, 0.1) is 0 Å². The summed E-state index contributed by atoms with van der Waals surface area (Å²) in [6, 6.07) is 13.1. The van der Waals surface area contributed by atoms with E-state index < -0.39 is 10.0 Å². The number of benzene rings is 2. The van der Waals surface area contributed by atoms with E-state index >= 15 is 0 Å². The number of nitrogens with zero attached hydrogens (tertiary/aromatic N) is 1. The molecule has 2 rings (SSSR count). The van der Waals surface area contributed by atoms with E-state index in [4.69, 9.17) is 0 Å². The normalized spacial score (nSPS) is 11.1. The average molecular weight is 261 g/mol. The molecule has 0 radical (unpaired) electrons. The van der Waals surface area contributed by atoms with Crippen LogP contribution in [0.5, 0.6) is 5.75 Å². The van der Waals surface area contributed by atoms with Gasteiger partial charge in [0.25, 0.3) is 10.0 Å². The Hall–Kier alpha value is -2.14. The van der Waals surface area contributed by atoms with Gasteiger partial charge in [-0.15, -0.1) is 0 Å². The smallest absolute Gasteiger partial charge is 0.282 e. The number of aromatic hydroxyl groups is 1. The van der Waals surface area contributed by atoms with Crippen molar-refractivity contribution >= 4 is 16.7 Å². The van der Waals surface area contributed by atoms with Gasteiger partial charge in [-0.3, -0.25) is 0 Å². The molecule has 2 aromatic carbocycles. The largest absolute Gasteiger partial charge is 0.507 e. The first kappa shape index (κ1) is 12.3. The summed E-state index contributed by atoms with van der Waals surface area (Å²) in [5.41, 5.74) is 0.850. The first-order valence-corrected chi connectivity index (χ1v) is 6.60. The van der Waals surface area contributed by atoms with Crippen LogP contribution in [0.4, 0.5) is 0 Å². The lowest BCUT2D eigenvalue weighted by Crippen LogP contribution is -1.99. The molecule has 0 heterocycles. The predicted octanol–water partition coefficient (Wildman–Crippen LogP) is 2.45. The monoisotopic (exact) mass is 261 g/mol. The number of hydrogen-bond acceptors (Lipinski definition) is 3. The van der Waals surface area contributed by atoms with Crippen LogP contribution in [-0.4, -0.2) is 20.2 Å². The fraction of sp³-hybridized carbons (Fsp3) is 0. The molecule has 0 unspecified atom stereocenters. The van der Waals surface area contributed by atoms with Gasteiger partial charge in [0.1, 0.15) is 10.6 Å². The SMILES string of the molecule is C=NS(=O)(=O)c1cccc(O)c1-c1ccccc1. The highest BCUT2D eigenvalue weighted by Gasteiger charge is 2.20. The van der Waals surface area contributed by atoms with Crippen molar-refractivity contribution in [3.63, 3.8) is 0 Å². The molecule has 0 atom stereocenters. The Morgan fingerprint density at radius 3 is 2.28 bits per heavy atom. The van der Waals surface area contributed by atoms with Gasteiger partial charge in [0.15, 0.2) is 0 Å². The molecular formula is C13H11NO3S. The molecule has 0 fully saturated rings.